The first kappa shape index (κ1) is 23.1. The SMILES string of the molecule is O=C1[C@@H]2[C@H](C(=O)N1C[C@@H]1CCCC[C@H]1CN1CCN(c3nsc4ccccc34)CC1)[C@H]1CC[C@@H]2C1O. The van der Waals surface area contributed by atoms with Gasteiger partial charge in [0.05, 0.1) is 22.6 Å². The van der Waals surface area contributed by atoms with Crippen molar-refractivity contribution in [3.63, 3.8) is 0 Å². The predicted molar refractivity (Wildman–Crippen MR) is 140 cm³/mol. The molecule has 2 aromatic rings. The average molecular weight is 509 g/mol. The Kier molecular flexibility index (Phi) is 5.82. The number of aliphatic hydroxyl groups excluding tert-OH is 1. The van der Waals surface area contributed by atoms with Gasteiger partial charge in [0.2, 0.25) is 11.8 Å². The quantitative estimate of drug-likeness (QED) is 0.625. The second-order valence-electron chi connectivity index (χ2n) is 11.8. The Morgan fingerprint density at radius 1 is 0.861 bits per heavy atom. The summed E-state index contributed by atoms with van der Waals surface area (Å²) in [6, 6.07) is 8.49. The van der Waals surface area contributed by atoms with E-state index in [2.05, 4.69) is 34.1 Å². The van der Waals surface area contributed by atoms with Gasteiger partial charge < -0.3 is 10.0 Å². The number of hydrogen-bond donors (Lipinski definition) is 1. The van der Waals surface area contributed by atoms with Crippen molar-refractivity contribution in [3.8, 4) is 0 Å². The number of nitrogens with zero attached hydrogens (tertiary/aromatic N) is 4. The number of hydrogen-bond acceptors (Lipinski definition) is 7. The molecule has 1 aromatic carbocycles. The van der Waals surface area contributed by atoms with Gasteiger partial charge in [0.1, 0.15) is 5.82 Å². The molecule has 2 saturated heterocycles. The number of fused-ring (bicyclic) bond motifs is 6. The normalized spacial score (nSPS) is 36.9. The Bertz CT molecular complexity index is 1130. The number of likely N-dealkylation sites (tertiary alicyclic amines) is 1. The van der Waals surface area contributed by atoms with Gasteiger partial charge in [-0.1, -0.05) is 25.0 Å². The minimum Gasteiger partial charge on any atom is -0.392 e. The monoisotopic (exact) mass is 508 g/mol. The van der Waals surface area contributed by atoms with Crippen LogP contribution in [0.5, 0.6) is 0 Å². The summed E-state index contributed by atoms with van der Waals surface area (Å²) in [6.07, 6.45) is 6.09. The van der Waals surface area contributed by atoms with E-state index < -0.39 is 6.10 Å². The Labute approximate surface area is 216 Å². The van der Waals surface area contributed by atoms with Crippen molar-refractivity contribution in [3.05, 3.63) is 24.3 Å². The van der Waals surface area contributed by atoms with E-state index in [1.165, 1.54) is 29.3 Å². The van der Waals surface area contributed by atoms with Crippen LogP contribution in [0.4, 0.5) is 5.82 Å². The molecule has 0 radical (unpaired) electrons. The van der Waals surface area contributed by atoms with E-state index in [4.69, 9.17) is 4.37 Å². The molecular weight excluding hydrogens is 472 g/mol. The largest absolute Gasteiger partial charge is 0.392 e. The summed E-state index contributed by atoms with van der Waals surface area (Å²) in [5.41, 5.74) is 0. The molecule has 36 heavy (non-hydrogen) atoms. The molecule has 7 rings (SSSR count). The zero-order valence-electron chi connectivity index (χ0n) is 20.8. The number of imide groups is 1. The van der Waals surface area contributed by atoms with Gasteiger partial charge in [-0.05, 0) is 73.0 Å². The molecule has 2 amide bonds. The third kappa shape index (κ3) is 3.63. The van der Waals surface area contributed by atoms with E-state index in [-0.39, 0.29) is 35.5 Å². The Morgan fingerprint density at radius 2 is 1.50 bits per heavy atom. The summed E-state index contributed by atoms with van der Waals surface area (Å²) >= 11 is 1.58. The minimum atomic E-state index is -0.446. The van der Waals surface area contributed by atoms with Crippen LogP contribution in [0.1, 0.15) is 38.5 Å². The van der Waals surface area contributed by atoms with Crippen molar-refractivity contribution in [2.75, 3.05) is 44.2 Å². The van der Waals surface area contributed by atoms with Gasteiger partial charge in [-0.25, -0.2) is 0 Å². The maximum absolute atomic E-state index is 13.3. The van der Waals surface area contributed by atoms with E-state index in [1.54, 1.807) is 16.4 Å². The fraction of sp³-hybridized carbons (Fsp3) is 0.679. The van der Waals surface area contributed by atoms with Crippen molar-refractivity contribution in [1.29, 1.82) is 0 Å². The van der Waals surface area contributed by atoms with Crippen molar-refractivity contribution >= 4 is 39.3 Å². The number of piperazine rings is 1. The molecule has 2 bridgehead atoms. The summed E-state index contributed by atoms with van der Waals surface area (Å²) in [5, 5.41) is 11.8. The lowest BCUT2D eigenvalue weighted by Crippen LogP contribution is -2.50. The zero-order valence-corrected chi connectivity index (χ0v) is 21.6. The van der Waals surface area contributed by atoms with Crippen LogP contribution in [0.25, 0.3) is 10.1 Å². The Balaban J connectivity index is 0.988. The Hall–Kier alpha value is -2.03. The van der Waals surface area contributed by atoms with Gasteiger partial charge in [0.15, 0.2) is 0 Å². The maximum atomic E-state index is 13.3. The van der Waals surface area contributed by atoms with Crippen molar-refractivity contribution in [2.45, 2.75) is 44.6 Å². The lowest BCUT2D eigenvalue weighted by Gasteiger charge is -2.40. The summed E-state index contributed by atoms with van der Waals surface area (Å²) in [7, 11) is 0. The highest BCUT2D eigenvalue weighted by molar-refractivity contribution is 7.13. The highest BCUT2D eigenvalue weighted by atomic mass is 32.1. The summed E-state index contributed by atoms with van der Waals surface area (Å²) < 4.78 is 6.00. The molecule has 1 aromatic heterocycles. The third-order valence-corrected chi connectivity index (χ3v) is 10.9. The first-order chi connectivity index (χ1) is 17.6. The van der Waals surface area contributed by atoms with E-state index in [0.29, 0.717) is 18.4 Å². The minimum absolute atomic E-state index is 0.00901. The van der Waals surface area contributed by atoms with Gasteiger partial charge in [-0.15, -0.1) is 0 Å². The highest BCUT2D eigenvalue weighted by Crippen LogP contribution is 2.56. The van der Waals surface area contributed by atoms with Crippen LogP contribution in [0.15, 0.2) is 24.3 Å². The molecule has 1 unspecified atom stereocenters. The molecular formula is C28H36N4O3S. The van der Waals surface area contributed by atoms with E-state index >= 15 is 0 Å². The summed E-state index contributed by atoms with van der Waals surface area (Å²) in [4.78, 5) is 33.3. The fourth-order valence-electron chi connectivity index (χ4n) is 8.26. The first-order valence-corrected chi connectivity index (χ1v) is 14.7. The lowest BCUT2D eigenvalue weighted by atomic mass is 9.78. The van der Waals surface area contributed by atoms with Crippen LogP contribution in [-0.2, 0) is 9.59 Å². The molecule has 2 aliphatic heterocycles. The number of anilines is 1. The van der Waals surface area contributed by atoms with Crippen LogP contribution < -0.4 is 4.90 Å². The summed E-state index contributed by atoms with van der Waals surface area (Å²) in [6.45, 7) is 5.69. The van der Waals surface area contributed by atoms with Gasteiger partial charge in [0, 0.05) is 44.7 Å². The number of benzene rings is 1. The first-order valence-electron chi connectivity index (χ1n) is 13.9. The molecule has 7 nitrogen and oxygen atoms in total. The van der Waals surface area contributed by atoms with Crippen LogP contribution in [0.2, 0.25) is 0 Å². The zero-order chi connectivity index (χ0) is 24.4. The van der Waals surface area contributed by atoms with Crippen LogP contribution >= 0.6 is 11.5 Å². The number of amides is 2. The van der Waals surface area contributed by atoms with Gasteiger partial charge >= 0.3 is 0 Å². The molecule has 5 aliphatic rings. The second kappa shape index (κ2) is 9.07. The topological polar surface area (TPSA) is 77.0 Å². The molecule has 1 N–H and O–H groups in total. The highest BCUT2D eigenvalue weighted by Gasteiger charge is 2.65. The van der Waals surface area contributed by atoms with Crippen molar-refractivity contribution in [2.24, 2.45) is 35.5 Å². The lowest BCUT2D eigenvalue weighted by molar-refractivity contribution is -0.143. The van der Waals surface area contributed by atoms with Gasteiger partial charge in [-0.3, -0.25) is 19.4 Å². The van der Waals surface area contributed by atoms with Crippen LogP contribution in [0.3, 0.4) is 0 Å². The van der Waals surface area contributed by atoms with Crippen LogP contribution in [0, 0.1) is 35.5 Å². The van der Waals surface area contributed by atoms with Gasteiger partial charge in [-0.2, -0.15) is 4.37 Å². The third-order valence-electron chi connectivity index (χ3n) is 10.1. The predicted octanol–water partition coefficient (Wildman–Crippen LogP) is 3.23. The number of rotatable bonds is 5. The molecule has 5 fully saturated rings. The number of aromatic nitrogens is 1. The molecule has 0 spiro atoms. The maximum Gasteiger partial charge on any atom is 0.233 e. The van der Waals surface area contributed by atoms with Crippen LogP contribution in [-0.4, -0.2) is 76.5 Å². The van der Waals surface area contributed by atoms with Gasteiger partial charge in [0.25, 0.3) is 0 Å². The molecule has 8 heteroatoms. The van der Waals surface area contributed by atoms with Crippen molar-refractivity contribution < 1.29 is 14.7 Å². The van der Waals surface area contributed by atoms with E-state index in [1.807, 2.05) is 0 Å². The van der Waals surface area contributed by atoms with E-state index in [0.717, 1.165) is 57.8 Å². The molecule has 7 atom stereocenters. The number of aliphatic hydroxyl groups is 1. The average Bonchev–Trinajstić information content (AvgIpc) is 3.63. The second-order valence-corrected chi connectivity index (χ2v) is 12.6. The van der Waals surface area contributed by atoms with Crippen molar-refractivity contribution in [1.82, 2.24) is 14.2 Å². The smallest absolute Gasteiger partial charge is 0.233 e. The standard InChI is InChI=1S/C28H36N4O3S/c33-25-20-9-10-21(25)24-23(20)27(34)32(28(24)35)16-18-6-2-1-5-17(18)15-30-11-13-31(14-12-30)26-19-7-3-4-8-22(19)36-29-26/h3-4,7-8,17-18,20-21,23-25,33H,1-2,5-6,9-16H2/t17-,18-,20-,21+,23-,24+,25?/m0/s1. The molecule has 3 heterocycles. The molecule has 3 saturated carbocycles. The fourth-order valence-corrected chi connectivity index (χ4v) is 9.05. The Morgan fingerprint density at radius 3 is 2.19 bits per heavy atom. The summed E-state index contributed by atoms with van der Waals surface area (Å²) in [5.74, 6) is 1.62. The number of carbonyl (C=O) groups is 2. The molecule has 192 valence electrons. The molecule has 3 aliphatic carbocycles. The number of carbonyl (C=O) groups excluding carboxylic acids is 2. The van der Waals surface area contributed by atoms with E-state index in [9.17, 15) is 14.7 Å².